The fourth-order valence-electron chi connectivity index (χ4n) is 2.48. The van der Waals surface area contributed by atoms with Crippen molar-refractivity contribution in [1.29, 1.82) is 0 Å². The van der Waals surface area contributed by atoms with Crippen LogP contribution in [0.4, 0.5) is 5.69 Å². The summed E-state index contributed by atoms with van der Waals surface area (Å²) < 4.78 is 5.58. The van der Waals surface area contributed by atoms with Gasteiger partial charge >= 0.3 is 0 Å². The number of hydrogen-bond donors (Lipinski definition) is 0. The van der Waals surface area contributed by atoms with Crippen LogP contribution in [0.5, 0.6) is 0 Å². The van der Waals surface area contributed by atoms with E-state index in [0.717, 1.165) is 16.8 Å². The van der Waals surface area contributed by atoms with Crippen molar-refractivity contribution in [1.82, 2.24) is 9.88 Å². The highest BCUT2D eigenvalue weighted by Crippen LogP contribution is 2.16. The molecule has 0 aliphatic rings. The number of hydrogen-bond acceptors (Lipinski definition) is 4. The molecule has 0 unspecified atom stereocenters. The van der Waals surface area contributed by atoms with Crippen LogP contribution in [0.25, 0.3) is 17.2 Å². The molecule has 0 fully saturated rings. The van der Waals surface area contributed by atoms with Gasteiger partial charge in [0, 0.05) is 45.5 Å². The number of nitrogens with zero attached hydrogens (tertiary/aromatic N) is 3. The van der Waals surface area contributed by atoms with Gasteiger partial charge in [0.15, 0.2) is 5.58 Å². The van der Waals surface area contributed by atoms with Crippen LogP contribution in [0.15, 0.2) is 59.0 Å². The van der Waals surface area contributed by atoms with Crippen LogP contribution in [-0.2, 0) is 11.3 Å². The van der Waals surface area contributed by atoms with Crippen molar-refractivity contribution < 1.29 is 9.21 Å². The molecule has 0 spiro atoms. The van der Waals surface area contributed by atoms with Crippen molar-refractivity contribution in [2.45, 2.75) is 6.54 Å². The van der Waals surface area contributed by atoms with Crippen LogP contribution in [0.3, 0.4) is 0 Å². The van der Waals surface area contributed by atoms with Crippen molar-refractivity contribution in [2.24, 2.45) is 0 Å². The lowest BCUT2D eigenvalue weighted by molar-refractivity contribution is -0.125. The summed E-state index contributed by atoms with van der Waals surface area (Å²) in [5.41, 5.74) is 3.71. The number of aromatic nitrogens is 1. The number of benzene rings is 2. The molecule has 2 aromatic carbocycles. The van der Waals surface area contributed by atoms with Crippen LogP contribution >= 0.6 is 0 Å². The van der Waals surface area contributed by atoms with Crippen molar-refractivity contribution in [3.8, 4) is 0 Å². The first-order valence-corrected chi connectivity index (χ1v) is 8.08. The maximum Gasteiger partial charge on any atom is 0.246 e. The van der Waals surface area contributed by atoms with Gasteiger partial charge < -0.3 is 14.2 Å². The molecule has 0 bridgehead atoms. The number of carbonyl (C=O) groups is 1. The molecule has 0 N–H and O–H groups in total. The molecule has 0 radical (unpaired) electrons. The predicted molar refractivity (Wildman–Crippen MR) is 100 cm³/mol. The van der Waals surface area contributed by atoms with Gasteiger partial charge in [-0.3, -0.25) is 4.79 Å². The zero-order valence-electron chi connectivity index (χ0n) is 14.6. The molecule has 0 atom stereocenters. The summed E-state index contributed by atoms with van der Waals surface area (Å²) in [6, 6.07) is 15.7. The van der Waals surface area contributed by atoms with E-state index in [-0.39, 0.29) is 5.91 Å². The summed E-state index contributed by atoms with van der Waals surface area (Å²) in [7, 11) is 5.78. The lowest BCUT2D eigenvalue weighted by Crippen LogP contribution is -2.24. The quantitative estimate of drug-likeness (QED) is 0.669. The first-order chi connectivity index (χ1) is 12.0. The SMILES string of the molecule is CN(Cc1ccc(N(C)C)cc1)C(=O)/C=C/c1nc2ccccc2o1. The van der Waals surface area contributed by atoms with Gasteiger partial charge in [-0.25, -0.2) is 4.98 Å². The third-order valence-corrected chi connectivity index (χ3v) is 3.93. The smallest absolute Gasteiger partial charge is 0.246 e. The number of anilines is 1. The van der Waals surface area contributed by atoms with Gasteiger partial charge in [-0.05, 0) is 29.8 Å². The average molecular weight is 335 g/mol. The molecule has 0 saturated carbocycles. The third kappa shape index (κ3) is 4.07. The molecule has 0 saturated heterocycles. The van der Waals surface area contributed by atoms with E-state index in [1.54, 1.807) is 18.0 Å². The largest absolute Gasteiger partial charge is 0.437 e. The Bertz CT molecular complexity index is 862. The van der Waals surface area contributed by atoms with Gasteiger partial charge in [0.05, 0.1) is 0 Å². The summed E-state index contributed by atoms with van der Waals surface area (Å²) in [6.45, 7) is 0.546. The minimum absolute atomic E-state index is 0.0982. The molecular weight excluding hydrogens is 314 g/mol. The lowest BCUT2D eigenvalue weighted by atomic mass is 10.2. The highest BCUT2D eigenvalue weighted by atomic mass is 16.3. The number of fused-ring (bicyclic) bond motifs is 1. The van der Waals surface area contributed by atoms with Crippen molar-refractivity contribution in [3.63, 3.8) is 0 Å². The molecular formula is C20H21N3O2. The van der Waals surface area contributed by atoms with Crippen molar-refractivity contribution in [2.75, 3.05) is 26.0 Å². The summed E-state index contributed by atoms with van der Waals surface area (Å²) in [6.07, 6.45) is 3.09. The van der Waals surface area contributed by atoms with E-state index in [4.69, 9.17) is 4.42 Å². The van der Waals surface area contributed by atoms with E-state index < -0.39 is 0 Å². The monoisotopic (exact) mass is 335 g/mol. The molecule has 0 aliphatic carbocycles. The normalized spacial score (nSPS) is 11.2. The second-order valence-electron chi connectivity index (χ2n) is 6.11. The van der Waals surface area contributed by atoms with Gasteiger partial charge in [0.25, 0.3) is 0 Å². The number of oxazole rings is 1. The summed E-state index contributed by atoms with van der Waals surface area (Å²) >= 11 is 0. The highest BCUT2D eigenvalue weighted by molar-refractivity contribution is 5.91. The van der Waals surface area contributed by atoms with Gasteiger partial charge in [-0.2, -0.15) is 0 Å². The number of carbonyl (C=O) groups excluding carboxylic acids is 1. The van der Waals surface area contributed by atoms with Crippen molar-refractivity contribution in [3.05, 3.63) is 66.1 Å². The van der Waals surface area contributed by atoms with Crippen LogP contribution in [0, 0.1) is 0 Å². The Morgan fingerprint density at radius 2 is 1.80 bits per heavy atom. The van der Waals surface area contributed by atoms with Gasteiger partial charge in [0.1, 0.15) is 5.52 Å². The molecule has 0 aliphatic heterocycles. The Balaban J connectivity index is 1.63. The third-order valence-electron chi connectivity index (χ3n) is 3.93. The summed E-state index contributed by atoms with van der Waals surface area (Å²) in [5, 5.41) is 0. The standard InChI is InChI=1S/C20H21N3O2/c1-22(2)16-10-8-15(9-11-16)14-23(3)20(24)13-12-19-21-17-6-4-5-7-18(17)25-19/h4-13H,14H2,1-3H3/b13-12+. The second-order valence-corrected chi connectivity index (χ2v) is 6.11. The van der Waals surface area contributed by atoms with Gasteiger partial charge in [-0.1, -0.05) is 24.3 Å². The molecule has 5 heteroatoms. The van der Waals surface area contributed by atoms with Gasteiger partial charge in [-0.15, -0.1) is 0 Å². The summed E-state index contributed by atoms with van der Waals surface area (Å²) in [4.78, 5) is 20.3. The fraction of sp³-hybridized carbons (Fsp3) is 0.200. The van der Waals surface area contributed by atoms with Crippen LogP contribution in [-0.4, -0.2) is 36.9 Å². The molecule has 128 valence electrons. The number of rotatable bonds is 5. The Morgan fingerprint density at radius 1 is 1.08 bits per heavy atom. The maximum absolute atomic E-state index is 12.3. The first kappa shape index (κ1) is 16.8. The minimum atomic E-state index is -0.0982. The molecule has 1 heterocycles. The first-order valence-electron chi connectivity index (χ1n) is 8.08. The number of likely N-dealkylation sites (N-methyl/N-ethyl adjacent to an activating group) is 1. The Hall–Kier alpha value is -3.08. The number of amides is 1. The zero-order chi connectivity index (χ0) is 17.8. The van der Waals surface area contributed by atoms with E-state index in [9.17, 15) is 4.79 Å². The Morgan fingerprint density at radius 3 is 2.48 bits per heavy atom. The zero-order valence-corrected chi connectivity index (χ0v) is 14.6. The second kappa shape index (κ2) is 7.21. The number of para-hydroxylation sites is 2. The molecule has 1 amide bonds. The predicted octanol–water partition coefficient (Wildman–Crippen LogP) is 3.57. The highest BCUT2D eigenvalue weighted by Gasteiger charge is 2.07. The maximum atomic E-state index is 12.3. The van der Waals surface area contributed by atoms with E-state index in [0.29, 0.717) is 18.0 Å². The fourth-order valence-corrected chi connectivity index (χ4v) is 2.48. The van der Waals surface area contributed by atoms with E-state index in [1.807, 2.05) is 67.5 Å². The Labute approximate surface area is 147 Å². The average Bonchev–Trinajstić information content (AvgIpc) is 3.03. The van der Waals surface area contributed by atoms with Crippen LogP contribution < -0.4 is 4.90 Å². The lowest BCUT2D eigenvalue weighted by Gasteiger charge is -2.17. The van der Waals surface area contributed by atoms with Gasteiger partial charge in [0.2, 0.25) is 11.8 Å². The molecule has 3 aromatic rings. The molecule has 3 rings (SSSR count). The molecule has 1 aromatic heterocycles. The van der Waals surface area contributed by atoms with Crippen LogP contribution in [0.1, 0.15) is 11.5 Å². The van der Waals surface area contributed by atoms with Crippen molar-refractivity contribution >= 4 is 28.8 Å². The topological polar surface area (TPSA) is 49.6 Å². The minimum Gasteiger partial charge on any atom is -0.437 e. The van der Waals surface area contributed by atoms with E-state index >= 15 is 0 Å². The molecule has 25 heavy (non-hydrogen) atoms. The van der Waals surface area contributed by atoms with E-state index in [1.165, 1.54) is 6.08 Å². The Kier molecular flexibility index (Phi) is 4.84. The van der Waals surface area contributed by atoms with E-state index in [2.05, 4.69) is 4.98 Å². The van der Waals surface area contributed by atoms with Crippen LogP contribution in [0.2, 0.25) is 0 Å². The summed E-state index contributed by atoms with van der Waals surface area (Å²) in [5.74, 6) is 0.331. The molecule has 5 nitrogen and oxygen atoms in total.